The third-order valence-corrected chi connectivity index (χ3v) is 4.38. The molecule has 0 fully saturated rings. The molecule has 1 unspecified atom stereocenters. The number of pyridine rings is 1. The highest BCUT2D eigenvalue weighted by Crippen LogP contribution is 2.40. The highest BCUT2D eigenvalue weighted by Gasteiger charge is 2.41. The van der Waals surface area contributed by atoms with Gasteiger partial charge in [-0.05, 0) is 37.3 Å². The maximum atomic E-state index is 13.4. The van der Waals surface area contributed by atoms with Gasteiger partial charge in [0, 0.05) is 28.9 Å². The predicted octanol–water partition coefficient (Wildman–Crippen LogP) is 6.05. The van der Waals surface area contributed by atoms with Gasteiger partial charge in [-0.15, -0.1) is 12.4 Å². The second kappa shape index (κ2) is 8.34. The number of benzene rings is 1. The van der Waals surface area contributed by atoms with Crippen LogP contribution in [-0.2, 0) is 6.18 Å². The van der Waals surface area contributed by atoms with Crippen molar-refractivity contribution in [1.29, 1.82) is 0 Å². The average Bonchev–Trinajstić information content (AvgIpc) is 3.35. The van der Waals surface area contributed by atoms with Gasteiger partial charge >= 0.3 is 12.4 Å². The Morgan fingerprint density at radius 1 is 1.03 bits per heavy atom. The zero-order valence-corrected chi connectivity index (χ0v) is 16.8. The fraction of sp³-hybridized carbons (Fsp3) is 0.211. The maximum Gasteiger partial charge on any atom is 0.425 e. The Bertz CT molecular complexity index is 1230. The van der Waals surface area contributed by atoms with E-state index in [0.717, 1.165) is 17.5 Å². The number of aromatic amines is 1. The van der Waals surface area contributed by atoms with Crippen LogP contribution in [0.2, 0.25) is 0 Å². The van der Waals surface area contributed by atoms with Crippen molar-refractivity contribution in [3.05, 3.63) is 48.3 Å². The SMILES string of the molecule is CC(Oc1ccc(-c2nc(-c3cnc4[nH]ccc4c3)no2)cc1C(F)(F)F)C(F)(F)F.Cl. The van der Waals surface area contributed by atoms with E-state index in [2.05, 4.69) is 24.8 Å². The number of rotatable bonds is 4. The molecule has 6 nitrogen and oxygen atoms in total. The van der Waals surface area contributed by atoms with Crippen LogP contribution < -0.4 is 4.74 Å². The van der Waals surface area contributed by atoms with Crippen LogP contribution in [0.1, 0.15) is 12.5 Å². The van der Waals surface area contributed by atoms with E-state index in [-0.39, 0.29) is 29.7 Å². The third-order valence-electron chi connectivity index (χ3n) is 4.38. The van der Waals surface area contributed by atoms with Gasteiger partial charge in [0.1, 0.15) is 11.4 Å². The van der Waals surface area contributed by atoms with E-state index >= 15 is 0 Å². The lowest BCUT2D eigenvalue weighted by molar-refractivity contribution is -0.191. The predicted molar refractivity (Wildman–Crippen MR) is 103 cm³/mol. The van der Waals surface area contributed by atoms with Gasteiger partial charge in [0.25, 0.3) is 5.89 Å². The first-order valence-corrected chi connectivity index (χ1v) is 8.74. The summed E-state index contributed by atoms with van der Waals surface area (Å²) in [6.45, 7) is 0.619. The summed E-state index contributed by atoms with van der Waals surface area (Å²) in [6.07, 6.45) is -9.07. The minimum Gasteiger partial charge on any atom is -0.481 e. The molecule has 0 amide bonds. The molecule has 0 spiro atoms. The van der Waals surface area contributed by atoms with Crippen molar-refractivity contribution in [3.8, 4) is 28.6 Å². The van der Waals surface area contributed by atoms with Gasteiger partial charge in [-0.2, -0.15) is 31.3 Å². The van der Waals surface area contributed by atoms with Gasteiger partial charge in [-0.1, -0.05) is 5.16 Å². The minimum absolute atomic E-state index is 0. The van der Waals surface area contributed by atoms with Crippen LogP contribution in [0.25, 0.3) is 33.9 Å². The van der Waals surface area contributed by atoms with Crippen molar-refractivity contribution < 1.29 is 35.6 Å². The van der Waals surface area contributed by atoms with Gasteiger partial charge in [-0.25, -0.2) is 4.98 Å². The Balaban J connectivity index is 0.00000289. The van der Waals surface area contributed by atoms with Crippen molar-refractivity contribution in [2.45, 2.75) is 25.4 Å². The van der Waals surface area contributed by atoms with Crippen LogP contribution in [0.15, 0.2) is 47.2 Å². The highest BCUT2D eigenvalue weighted by molar-refractivity contribution is 5.85. The minimum atomic E-state index is -4.97. The smallest absolute Gasteiger partial charge is 0.425 e. The molecule has 4 rings (SSSR count). The lowest BCUT2D eigenvalue weighted by Gasteiger charge is -2.20. The number of hydrogen-bond acceptors (Lipinski definition) is 5. The quantitative estimate of drug-likeness (QED) is 0.361. The number of aromatic nitrogens is 4. The van der Waals surface area contributed by atoms with Crippen molar-refractivity contribution in [2.75, 3.05) is 0 Å². The zero-order chi connectivity index (χ0) is 22.4. The molecule has 3 aromatic heterocycles. The maximum absolute atomic E-state index is 13.4. The number of halogens is 7. The van der Waals surface area contributed by atoms with Crippen molar-refractivity contribution in [1.82, 2.24) is 20.1 Å². The van der Waals surface area contributed by atoms with E-state index < -0.39 is 29.8 Å². The number of nitrogens with zero attached hydrogens (tertiary/aromatic N) is 3. The fourth-order valence-electron chi connectivity index (χ4n) is 2.76. The average molecular weight is 479 g/mol. The molecule has 0 saturated heterocycles. The molecule has 0 aliphatic heterocycles. The van der Waals surface area contributed by atoms with Crippen LogP contribution in [-0.4, -0.2) is 32.4 Å². The first kappa shape index (κ1) is 23.4. The van der Waals surface area contributed by atoms with E-state index in [1.807, 2.05) is 0 Å². The normalized spacial score (nSPS) is 13.1. The Hall–Kier alpha value is -3.28. The number of hydrogen-bond donors (Lipinski definition) is 1. The molecule has 13 heteroatoms. The van der Waals surface area contributed by atoms with E-state index in [0.29, 0.717) is 24.2 Å². The lowest BCUT2D eigenvalue weighted by atomic mass is 10.1. The molecule has 1 aromatic carbocycles. The summed E-state index contributed by atoms with van der Waals surface area (Å²) < 4.78 is 88.0. The molecule has 1 atom stereocenters. The topological polar surface area (TPSA) is 76.8 Å². The van der Waals surface area contributed by atoms with Crippen molar-refractivity contribution >= 4 is 23.4 Å². The molecular weight excluding hydrogens is 466 g/mol. The fourth-order valence-corrected chi connectivity index (χ4v) is 2.76. The van der Waals surface area contributed by atoms with Gasteiger partial charge in [-0.3, -0.25) is 0 Å². The Morgan fingerprint density at radius 2 is 1.78 bits per heavy atom. The van der Waals surface area contributed by atoms with Crippen LogP contribution in [0, 0.1) is 0 Å². The molecule has 32 heavy (non-hydrogen) atoms. The Kier molecular flexibility index (Phi) is 6.09. The summed E-state index contributed by atoms with van der Waals surface area (Å²) in [7, 11) is 0. The van der Waals surface area contributed by atoms with Gasteiger partial charge < -0.3 is 14.2 Å². The molecule has 4 aromatic rings. The second-order valence-electron chi connectivity index (χ2n) is 6.57. The number of ether oxygens (including phenoxy) is 1. The van der Waals surface area contributed by atoms with Crippen molar-refractivity contribution in [3.63, 3.8) is 0 Å². The second-order valence-corrected chi connectivity index (χ2v) is 6.57. The first-order valence-electron chi connectivity index (χ1n) is 8.74. The third kappa shape index (κ3) is 4.64. The van der Waals surface area contributed by atoms with E-state index in [1.54, 1.807) is 18.3 Å². The number of nitrogens with one attached hydrogen (secondary N) is 1. The molecule has 0 bridgehead atoms. The largest absolute Gasteiger partial charge is 0.481 e. The molecule has 0 aliphatic rings. The summed E-state index contributed by atoms with van der Waals surface area (Å²) in [5, 5.41) is 4.52. The van der Waals surface area contributed by atoms with E-state index in [4.69, 9.17) is 4.52 Å². The number of alkyl halides is 6. The highest BCUT2D eigenvalue weighted by atomic mass is 35.5. The monoisotopic (exact) mass is 478 g/mol. The Morgan fingerprint density at radius 3 is 2.47 bits per heavy atom. The first-order chi connectivity index (χ1) is 14.5. The zero-order valence-electron chi connectivity index (χ0n) is 16.0. The molecular formula is C19H13ClF6N4O2. The summed E-state index contributed by atoms with van der Waals surface area (Å²) in [4.78, 5) is 11.2. The number of fused-ring (bicyclic) bond motifs is 1. The van der Waals surface area contributed by atoms with Crippen LogP contribution >= 0.6 is 12.4 Å². The van der Waals surface area contributed by atoms with E-state index in [9.17, 15) is 26.3 Å². The summed E-state index contributed by atoms with van der Waals surface area (Å²) in [5.74, 6) is -1.11. The van der Waals surface area contributed by atoms with Crippen LogP contribution in [0.3, 0.4) is 0 Å². The summed E-state index contributed by atoms with van der Waals surface area (Å²) >= 11 is 0. The molecule has 3 heterocycles. The van der Waals surface area contributed by atoms with E-state index in [1.165, 1.54) is 6.20 Å². The molecule has 0 aliphatic carbocycles. The van der Waals surface area contributed by atoms with Gasteiger partial charge in [0.2, 0.25) is 5.82 Å². The van der Waals surface area contributed by atoms with Gasteiger partial charge in [0.05, 0.1) is 5.56 Å². The molecule has 0 saturated carbocycles. The Labute approximate surface area is 182 Å². The molecule has 170 valence electrons. The lowest BCUT2D eigenvalue weighted by Crippen LogP contribution is -2.31. The van der Waals surface area contributed by atoms with Crippen LogP contribution in [0.4, 0.5) is 26.3 Å². The van der Waals surface area contributed by atoms with Crippen LogP contribution in [0.5, 0.6) is 5.75 Å². The van der Waals surface area contributed by atoms with Gasteiger partial charge in [0.15, 0.2) is 6.10 Å². The molecule has 0 radical (unpaired) electrons. The summed E-state index contributed by atoms with van der Waals surface area (Å²) in [6, 6.07) is 5.98. The molecule has 1 N–H and O–H groups in total. The van der Waals surface area contributed by atoms with Crippen molar-refractivity contribution in [2.24, 2.45) is 0 Å². The summed E-state index contributed by atoms with van der Waals surface area (Å²) in [5.41, 5.74) is -0.423. The standard InChI is InChI=1S/C19H12F6N4O2.ClH/c1-9(18(20,21)22)30-14-3-2-11(7-13(14)19(23,24)25)17-28-16(29-31-17)12-6-10-4-5-26-15(10)27-8-12;/h2-9H,1H3,(H,26,27);1H. The number of H-pyrrole nitrogens is 1.